The molecule has 0 aromatic heterocycles. The molecule has 0 spiro atoms. The SMILES string of the molecule is CC(C)CC1CN(CC2CCSC2)C(C(C)C)CN1. The molecule has 3 atom stereocenters. The van der Waals surface area contributed by atoms with Crippen LogP contribution in [-0.4, -0.2) is 48.1 Å². The molecular formula is C16H32N2S. The molecule has 19 heavy (non-hydrogen) atoms. The summed E-state index contributed by atoms with van der Waals surface area (Å²) in [5.41, 5.74) is 0. The molecule has 0 aliphatic carbocycles. The average molecular weight is 285 g/mol. The number of piperazine rings is 1. The van der Waals surface area contributed by atoms with Gasteiger partial charge in [-0.05, 0) is 42.1 Å². The highest BCUT2D eigenvalue weighted by atomic mass is 32.2. The fraction of sp³-hybridized carbons (Fsp3) is 1.00. The first-order valence-electron chi connectivity index (χ1n) is 8.11. The summed E-state index contributed by atoms with van der Waals surface area (Å²) in [4.78, 5) is 2.81. The topological polar surface area (TPSA) is 15.3 Å². The van der Waals surface area contributed by atoms with Crippen molar-refractivity contribution in [3.05, 3.63) is 0 Å². The van der Waals surface area contributed by atoms with Crippen molar-refractivity contribution < 1.29 is 0 Å². The summed E-state index contributed by atoms with van der Waals surface area (Å²) < 4.78 is 0. The van der Waals surface area contributed by atoms with E-state index in [9.17, 15) is 0 Å². The lowest BCUT2D eigenvalue weighted by Gasteiger charge is -2.44. The molecule has 0 radical (unpaired) electrons. The highest BCUT2D eigenvalue weighted by Gasteiger charge is 2.32. The molecule has 2 nitrogen and oxygen atoms in total. The van der Waals surface area contributed by atoms with Crippen molar-refractivity contribution in [1.82, 2.24) is 10.2 Å². The van der Waals surface area contributed by atoms with Crippen LogP contribution >= 0.6 is 11.8 Å². The lowest BCUT2D eigenvalue weighted by Crippen LogP contribution is -2.59. The number of rotatable bonds is 5. The van der Waals surface area contributed by atoms with Crippen molar-refractivity contribution in [3.8, 4) is 0 Å². The number of nitrogens with one attached hydrogen (secondary N) is 1. The van der Waals surface area contributed by atoms with Crippen LogP contribution in [0.4, 0.5) is 0 Å². The molecule has 0 amide bonds. The van der Waals surface area contributed by atoms with Gasteiger partial charge in [-0.1, -0.05) is 27.7 Å². The van der Waals surface area contributed by atoms with Gasteiger partial charge in [0.2, 0.25) is 0 Å². The standard InChI is InChI=1S/C16H32N2S/c1-12(2)7-15-10-18(9-14-5-6-19-11-14)16(8-17-15)13(3)4/h12-17H,5-11H2,1-4H3. The molecule has 2 fully saturated rings. The Bertz CT molecular complexity index is 261. The Hall–Kier alpha value is 0.270. The van der Waals surface area contributed by atoms with Gasteiger partial charge in [0.25, 0.3) is 0 Å². The van der Waals surface area contributed by atoms with Crippen molar-refractivity contribution in [1.29, 1.82) is 0 Å². The molecule has 3 heteroatoms. The molecule has 0 aromatic rings. The molecule has 2 heterocycles. The van der Waals surface area contributed by atoms with Crippen LogP contribution in [0.15, 0.2) is 0 Å². The van der Waals surface area contributed by atoms with Gasteiger partial charge in [-0.2, -0.15) is 11.8 Å². The molecule has 2 aliphatic heterocycles. The maximum Gasteiger partial charge on any atom is 0.0244 e. The first-order chi connectivity index (χ1) is 9.06. The highest BCUT2D eigenvalue weighted by Crippen LogP contribution is 2.27. The molecule has 112 valence electrons. The Morgan fingerprint density at radius 3 is 2.63 bits per heavy atom. The van der Waals surface area contributed by atoms with Crippen molar-refractivity contribution in [2.75, 3.05) is 31.1 Å². The number of hydrogen-bond donors (Lipinski definition) is 1. The maximum absolute atomic E-state index is 3.79. The van der Waals surface area contributed by atoms with Crippen LogP contribution in [-0.2, 0) is 0 Å². The summed E-state index contributed by atoms with van der Waals surface area (Å²) in [6.07, 6.45) is 2.76. The van der Waals surface area contributed by atoms with Crippen molar-refractivity contribution in [2.45, 2.75) is 52.6 Å². The summed E-state index contributed by atoms with van der Waals surface area (Å²) >= 11 is 2.15. The minimum absolute atomic E-state index is 0.712. The zero-order valence-corrected chi connectivity index (χ0v) is 14.0. The molecular weight excluding hydrogens is 252 g/mol. The molecule has 0 bridgehead atoms. The largest absolute Gasteiger partial charge is 0.311 e. The lowest BCUT2D eigenvalue weighted by atomic mass is 9.93. The van der Waals surface area contributed by atoms with E-state index in [1.807, 2.05) is 0 Å². The van der Waals surface area contributed by atoms with Crippen LogP contribution in [0.5, 0.6) is 0 Å². The predicted molar refractivity (Wildman–Crippen MR) is 86.9 cm³/mol. The van der Waals surface area contributed by atoms with E-state index in [1.165, 1.54) is 44.0 Å². The predicted octanol–water partition coefficient (Wildman–Crippen LogP) is 3.08. The Kier molecular flexibility index (Phi) is 6.04. The van der Waals surface area contributed by atoms with E-state index in [4.69, 9.17) is 0 Å². The zero-order valence-electron chi connectivity index (χ0n) is 13.2. The minimum atomic E-state index is 0.712. The van der Waals surface area contributed by atoms with E-state index in [-0.39, 0.29) is 0 Å². The van der Waals surface area contributed by atoms with Crippen molar-refractivity contribution >= 4 is 11.8 Å². The second-order valence-corrected chi connectivity index (χ2v) is 8.38. The van der Waals surface area contributed by atoms with Crippen LogP contribution in [0.3, 0.4) is 0 Å². The fourth-order valence-corrected chi connectivity index (χ4v) is 4.82. The average Bonchev–Trinajstić information content (AvgIpc) is 2.80. The van der Waals surface area contributed by atoms with Gasteiger partial charge >= 0.3 is 0 Å². The van der Waals surface area contributed by atoms with E-state index < -0.39 is 0 Å². The van der Waals surface area contributed by atoms with E-state index in [1.54, 1.807) is 0 Å². The Morgan fingerprint density at radius 1 is 1.26 bits per heavy atom. The first kappa shape index (κ1) is 15.7. The van der Waals surface area contributed by atoms with Crippen LogP contribution in [0.25, 0.3) is 0 Å². The Morgan fingerprint density at radius 2 is 2.05 bits per heavy atom. The third-order valence-electron chi connectivity index (χ3n) is 4.58. The van der Waals surface area contributed by atoms with Crippen molar-refractivity contribution in [2.24, 2.45) is 17.8 Å². The highest BCUT2D eigenvalue weighted by molar-refractivity contribution is 7.99. The summed E-state index contributed by atoms with van der Waals surface area (Å²) in [6, 6.07) is 1.46. The molecule has 2 saturated heterocycles. The molecule has 0 aromatic carbocycles. The smallest absolute Gasteiger partial charge is 0.0244 e. The monoisotopic (exact) mass is 284 g/mol. The van der Waals surface area contributed by atoms with E-state index >= 15 is 0 Å². The van der Waals surface area contributed by atoms with Gasteiger partial charge in [0.15, 0.2) is 0 Å². The van der Waals surface area contributed by atoms with Crippen LogP contribution in [0.1, 0.15) is 40.5 Å². The van der Waals surface area contributed by atoms with Gasteiger partial charge in [0, 0.05) is 31.7 Å². The van der Waals surface area contributed by atoms with Gasteiger partial charge in [0.1, 0.15) is 0 Å². The van der Waals surface area contributed by atoms with Crippen LogP contribution in [0, 0.1) is 17.8 Å². The normalized spacial score (nSPS) is 33.5. The third-order valence-corrected chi connectivity index (χ3v) is 5.81. The Balaban J connectivity index is 1.91. The number of nitrogens with zero attached hydrogens (tertiary/aromatic N) is 1. The minimum Gasteiger partial charge on any atom is -0.311 e. The maximum atomic E-state index is 3.79. The van der Waals surface area contributed by atoms with Gasteiger partial charge in [-0.3, -0.25) is 4.90 Å². The van der Waals surface area contributed by atoms with Gasteiger partial charge in [0.05, 0.1) is 0 Å². The van der Waals surface area contributed by atoms with E-state index in [0.29, 0.717) is 6.04 Å². The van der Waals surface area contributed by atoms with Crippen LogP contribution < -0.4 is 5.32 Å². The lowest BCUT2D eigenvalue weighted by molar-refractivity contribution is 0.0795. The van der Waals surface area contributed by atoms with Gasteiger partial charge < -0.3 is 5.32 Å². The van der Waals surface area contributed by atoms with Crippen molar-refractivity contribution in [3.63, 3.8) is 0 Å². The summed E-state index contributed by atoms with van der Waals surface area (Å²) in [7, 11) is 0. The second-order valence-electron chi connectivity index (χ2n) is 7.23. The fourth-order valence-electron chi connectivity index (χ4n) is 3.55. The van der Waals surface area contributed by atoms with Gasteiger partial charge in [-0.25, -0.2) is 0 Å². The first-order valence-corrected chi connectivity index (χ1v) is 9.27. The molecule has 0 saturated carbocycles. The van der Waals surface area contributed by atoms with E-state index in [2.05, 4.69) is 49.7 Å². The van der Waals surface area contributed by atoms with Crippen LogP contribution in [0.2, 0.25) is 0 Å². The third kappa shape index (κ3) is 4.64. The number of hydrogen-bond acceptors (Lipinski definition) is 3. The van der Waals surface area contributed by atoms with Gasteiger partial charge in [-0.15, -0.1) is 0 Å². The quantitative estimate of drug-likeness (QED) is 0.835. The summed E-state index contributed by atoms with van der Waals surface area (Å²) in [5, 5.41) is 3.79. The second kappa shape index (κ2) is 7.33. The molecule has 3 unspecified atom stereocenters. The summed E-state index contributed by atoms with van der Waals surface area (Å²) in [6.45, 7) is 13.2. The summed E-state index contributed by atoms with van der Waals surface area (Å²) in [5.74, 6) is 5.30. The molecule has 2 rings (SSSR count). The molecule has 2 aliphatic rings. The molecule has 1 N–H and O–H groups in total. The Labute approximate surface area is 124 Å². The number of thioether (sulfide) groups is 1. The van der Waals surface area contributed by atoms with E-state index in [0.717, 1.165) is 23.8 Å². The zero-order chi connectivity index (χ0) is 13.8.